The van der Waals surface area contributed by atoms with Gasteiger partial charge in [-0.1, -0.05) is 18.2 Å². The third-order valence-electron chi connectivity index (χ3n) is 8.51. The van der Waals surface area contributed by atoms with E-state index >= 15 is 4.79 Å². The van der Waals surface area contributed by atoms with Crippen LogP contribution in [0.25, 0.3) is 6.08 Å². The quantitative estimate of drug-likeness (QED) is 0.0562. The molecule has 378 valence electrons. The molecule has 6 atom stereocenters. The highest BCUT2D eigenvalue weighted by molar-refractivity contribution is 6.30. The van der Waals surface area contributed by atoms with E-state index in [0.717, 1.165) is 13.2 Å². The summed E-state index contributed by atoms with van der Waals surface area (Å²) in [6.45, 7) is 22.0. The van der Waals surface area contributed by atoms with E-state index in [2.05, 4.69) is 0 Å². The fourth-order valence-corrected chi connectivity index (χ4v) is 6.13. The summed E-state index contributed by atoms with van der Waals surface area (Å²) >= 11 is 0. The Morgan fingerprint density at radius 2 is 1.12 bits per heavy atom. The Morgan fingerprint density at radius 1 is 0.662 bits per heavy atom. The molecule has 1 aromatic rings. The van der Waals surface area contributed by atoms with Gasteiger partial charge >= 0.3 is 30.8 Å². The Balaban J connectivity index is 2.32. The van der Waals surface area contributed by atoms with Crippen LogP contribution >= 0.6 is 0 Å². The average Bonchev–Trinajstić information content (AvgIpc) is 3.13. The molecule has 0 bridgehead atoms. The fourth-order valence-electron chi connectivity index (χ4n) is 6.13. The van der Waals surface area contributed by atoms with Gasteiger partial charge in [0.15, 0.2) is 23.8 Å². The fraction of sp³-hybridized carbons (Fsp3) is 0.596. The molecule has 2 N–H and O–H groups in total. The van der Waals surface area contributed by atoms with Gasteiger partial charge in [0.25, 0.3) is 5.60 Å². The van der Waals surface area contributed by atoms with Crippen molar-refractivity contribution in [3.63, 3.8) is 0 Å². The van der Waals surface area contributed by atoms with E-state index in [-0.39, 0.29) is 5.75 Å². The number of hydrogen-bond donors (Lipinski definition) is 2. The van der Waals surface area contributed by atoms with Gasteiger partial charge in [0, 0.05) is 6.08 Å². The van der Waals surface area contributed by atoms with Crippen LogP contribution in [0, 0.1) is 0 Å². The Morgan fingerprint density at radius 3 is 1.60 bits per heavy atom. The van der Waals surface area contributed by atoms with Crippen molar-refractivity contribution in [3.8, 4) is 5.75 Å². The highest BCUT2D eigenvalue weighted by Gasteiger charge is 2.67. The molecule has 1 aliphatic carbocycles. The minimum atomic E-state index is -3.18. The molecule has 3 rings (SSSR count). The van der Waals surface area contributed by atoms with Crippen LogP contribution in [0.4, 0.5) is 24.0 Å². The van der Waals surface area contributed by atoms with Gasteiger partial charge in [0.2, 0.25) is 5.78 Å². The van der Waals surface area contributed by atoms with Crippen LogP contribution < -0.4 is 4.74 Å². The Kier molecular flexibility index (Phi) is 17.5. The van der Waals surface area contributed by atoms with E-state index in [1.54, 1.807) is 41.5 Å². The molecule has 2 aliphatic rings. The standard InChI is InChI=1S/C47H64O21/c1-42(2,3)63-37(52)58-24-29-33(61-39(54)65-44(7,8)9)34(62-40(55)66-45(10,11)12)32(50)36(60-29)47(68-41(56)67-46(13,14)15)30(57-16)23-28(49)31(35(47)51)27(48)22-19-25-17-20-26(21-18-25)59-38(53)64-43(4,5)6/h17-23,29,32-34,36,48,50H,24H2,1-16H3/b22-19+,31-27+/t29-,32?,33+,34?,36+,47-/m0/s1. The van der Waals surface area contributed by atoms with Gasteiger partial charge in [-0.2, -0.15) is 0 Å². The number of carbonyl (C=O) groups excluding carboxylic acids is 7. The third kappa shape index (κ3) is 16.5. The second-order valence-corrected chi connectivity index (χ2v) is 20.4. The molecule has 0 aromatic heterocycles. The Labute approximate surface area is 394 Å². The summed E-state index contributed by atoms with van der Waals surface area (Å²) in [5.74, 6) is -4.43. The van der Waals surface area contributed by atoms with Crippen molar-refractivity contribution in [2.75, 3.05) is 13.7 Å². The molecular formula is C47H64O21. The number of ketones is 2. The lowest BCUT2D eigenvalue weighted by Gasteiger charge is -2.49. The number of allylic oxidation sites excluding steroid dienone is 2. The molecular weight excluding hydrogens is 900 g/mol. The number of Topliss-reactive ketones (excluding diaryl/α,β-unsaturated/α-hetero) is 1. The molecule has 0 spiro atoms. The summed E-state index contributed by atoms with van der Waals surface area (Å²) in [6, 6.07) is 5.73. The minimum absolute atomic E-state index is 0.103. The van der Waals surface area contributed by atoms with Gasteiger partial charge in [0.1, 0.15) is 70.0 Å². The molecule has 0 radical (unpaired) electrons. The lowest BCUT2D eigenvalue weighted by Crippen LogP contribution is -2.71. The van der Waals surface area contributed by atoms with Crippen molar-refractivity contribution in [1.82, 2.24) is 0 Å². The first-order valence-corrected chi connectivity index (χ1v) is 21.3. The van der Waals surface area contributed by atoms with Gasteiger partial charge in [-0.25, -0.2) is 24.0 Å². The number of rotatable bonds is 10. The van der Waals surface area contributed by atoms with Crippen LogP contribution in [0.5, 0.6) is 5.75 Å². The van der Waals surface area contributed by atoms with Crippen molar-refractivity contribution in [3.05, 3.63) is 59.1 Å². The second-order valence-electron chi connectivity index (χ2n) is 20.4. The molecule has 2 unspecified atom stereocenters. The predicted octanol–water partition coefficient (Wildman–Crippen LogP) is 7.92. The van der Waals surface area contributed by atoms with Crippen molar-refractivity contribution >= 4 is 48.4 Å². The molecule has 1 aromatic carbocycles. The SMILES string of the molecule is COC1=CC(=O)/C(=C(O)/C=C/c2ccc(OC(=O)OC(C)(C)C)cc2)C(=O)[C@]1(OC(=O)OC(C)(C)C)[C@@H]1O[C@@H](COC(=O)OC(C)(C)C)[C@@H](OC(=O)OC(C)(C)C)C(OC(=O)OC(C)(C)C)C1O. The van der Waals surface area contributed by atoms with E-state index in [1.165, 1.54) is 92.7 Å². The lowest BCUT2D eigenvalue weighted by atomic mass is 9.74. The van der Waals surface area contributed by atoms with Crippen molar-refractivity contribution in [2.24, 2.45) is 0 Å². The van der Waals surface area contributed by atoms with E-state index in [1.807, 2.05) is 0 Å². The number of benzene rings is 1. The highest BCUT2D eigenvalue weighted by Crippen LogP contribution is 2.44. The van der Waals surface area contributed by atoms with Crippen LogP contribution in [0.15, 0.2) is 53.5 Å². The van der Waals surface area contributed by atoms with E-state index in [9.17, 15) is 39.0 Å². The third-order valence-corrected chi connectivity index (χ3v) is 8.51. The summed E-state index contributed by atoms with van der Waals surface area (Å²) < 4.78 is 65.8. The monoisotopic (exact) mass is 964 g/mol. The normalized spacial score (nSPS) is 23.3. The number of aliphatic hydroxyl groups excluding tert-OH is 2. The molecule has 1 aliphatic heterocycles. The summed E-state index contributed by atoms with van der Waals surface area (Å²) in [4.78, 5) is 94.7. The highest BCUT2D eigenvalue weighted by atomic mass is 16.8. The van der Waals surface area contributed by atoms with Gasteiger partial charge in [0.05, 0.1) is 7.11 Å². The molecule has 0 amide bonds. The van der Waals surface area contributed by atoms with Gasteiger partial charge in [-0.05, 0) is 128 Å². The summed E-state index contributed by atoms with van der Waals surface area (Å²) in [7, 11) is 0.978. The average molecular weight is 965 g/mol. The number of hydrogen-bond acceptors (Lipinski definition) is 21. The summed E-state index contributed by atoms with van der Waals surface area (Å²) in [6.07, 6.45) is -14.6. The molecule has 1 saturated heterocycles. The van der Waals surface area contributed by atoms with Crippen LogP contribution in [0.2, 0.25) is 0 Å². The summed E-state index contributed by atoms with van der Waals surface area (Å²) in [5.41, 5.74) is -9.44. The number of methoxy groups -OCH3 is 1. The first kappa shape index (κ1) is 56.0. The zero-order chi connectivity index (χ0) is 52.0. The van der Waals surface area contributed by atoms with Crippen molar-refractivity contribution in [1.29, 1.82) is 0 Å². The maximum Gasteiger partial charge on any atom is 0.514 e. The predicted molar refractivity (Wildman–Crippen MR) is 236 cm³/mol. The lowest BCUT2D eigenvalue weighted by molar-refractivity contribution is -0.270. The van der Waals surface area contributed by atoms with Crippen molar-refractivity contribution in [2.45, 2.75) is 168 Å². The Bertz CT molecular complexity index is 2130. The molecule has 0 saturated carbocycles. The zero-order valence-electron chi connectivity index (χ0n) is 41.3. The second kappa shape index (κ2) is 21.3. The Hall–Kier alpha value is -6.35. The van der Waals surface area contributed by atoms with Crippen molar-refractivity contribution < 1.29 is 101 Å². The first-order chi connectivity index (χ1) is 30.9. The molecule has 1 heterocycles. The number of ether oxygens (including phenoxy) is 12. The number of aliphatic hydroxyl groups is 2. The van der Waals surface area contributed by atoms with Crippen LogP contribution in [-0.4, -0.2) is 130 Å². The van der Waals surface area contributed by atoms with Gasteiger partial charge in [-0.3, -0.25) is 9.59 Å². The van der Waals surface area contributed by atoms with Crippen LogP contribution in [0.1, 0.15) is 109 Å². The minimum Gasteiger partial charge on any atom is -0.507 e. The first-order valence-electron chi connectivity index (χ1n) is 21.3. The van der Waals surface area contributed by atoms with Gasteiger partial charge < -0.3 is 67.1 Å². The largest absolute Gasteiger partial charge is 0.514 e. The van der Waals surface area contributed by atoms with E-state index in [0.29, 0.717) is 11.6 Å². The smallest absolute Gasteiger partial charge is 0.507 e. The van der Waals surface area contributed by atoms with Crippen LogP contribution in [0.3, 0.4) is 0 Å². The number of carbonyl (C=O) groups is 7. The summed E-state index contributed by atoms with van der Waals surface area (Å²) in [5, 5.41) is 23.9. The molecule has 21 heteroatoms. The van der Waals surface area contributed by atoms with E-state index in [4.69, 9.17) is 56.8 Å². The zero-order valence-corrected chi connectivity index (χ0v) is 41.3. The van der Waals surface area contributed by atoms with Crippen LogP contribution in [-0.2, 0) is 61.7 Å². The molecule has 21 nitrogen and oxygen atoms in total. The maximum absolute atomic E-state index is 15.2. The van der Waals surface area contributed by atoms with E-state index < -0.39 is 130 Å². The topological polar surface area (TPSA) is 271 Å². The molecule has 68 heavy (non-hydrogen) atoms. The molecule has 1 fully saturated rings. The maximum atomic E-state index is 15.2. The van der Waals surface area contributed by atoms with Gasteiger partial charge in [-0.15, -0.1) is 0 Å².